The van der Waals surface area contributed by atoms with Gasteiger partial charge in [0.1, 0.15) is 5.75 Å². The molecule has 4 nitrogen and oxygen atoms in total. The van der Waals surface area contributed by atoms with Crippen LogP contribution in [-0.4, -0.2) is 22.8 Å². The minimum absolute atomic E-state index is 0.0796. The van der Waals surface area contributed by atoms with E-state index in [9.17, 15) is 28.2 Å². The molecule has 2 N–H and O–H groups in total. The molecule has 0 bridgehead atoms. The topological polar surface area (TPSA) is 66.8 Å². The lowest BCUT2D eigenvalue weighted by Gasteiger charge is -2.32. The Morgan fingerprint density at radius 2 is 1.75 bits per heavy atom. The number of halogens is 3. The highest BCUT2D eigenvalue weighted by Crippen LogP contribution is 2.43. The number of carbonyl (C=O) groups is 1. The molecule has 0 spiro atoms. The van der Waals surface area contributed by atoms with E-state index in [-0.39, 0.29) is 23.3 Å². The Kier molecular flexibility index (Phi) is 5.52. The van der Waals surface area contributed by atoms with Gasteiger partial charge in [0, 0.05) is 11.5 Å². The maximum Gasteiger partial charge on any atom is 0.416 e. The quantitative estimate of drug-likeness (QED) is 0.536. The molecule has 0 radical (unpaired) electrons. The SMILES string of the molecule is C=C(c1ccccc1)[C@@H]1COc2cc(-c3cc(C(F)(F)F)ccc3C(=O)O)ccc2[C@H]1O. The third-order valence-corrected chi connectivity index (χ3v) is 5.61. The summed E-state index contributed by atoms with van der Waals surface area (Å²) in [6.07, 6.45) is -5.54. The summed E-state index contributed by atoms with van der Waals surface area (Å²) in [5, 5.41) is 20.4. The van der Waals surface area contributed by atoms with Crippen LogP contribution in [0.3, 0.4) is 0 Å². The van der Waals surface area contributed by atoms with Gasteiger partial charge in [0.15, 0.2) is 0 Å². The Hall–Kier alpha value is -3.58. The molecular weight excluding hydrogens is 421 g/mol. The molecule has 1 aliphatic heterocycles. The average molecular weight is 440 g/mol. The Labute approximate surface area is 182 Å². The molecule has 0 saturated heterocycles. The van der Waals surface area contributed by atoms with Crippen LogP contribution in [-0.2, 0) is 6.18 Å². The molecule has 3 aromatic rings. The Bertz CT molecular complexity index is 1190. The summed E-state index contributed by atoms with van der Waals surface area (Å²) in [6.45, 7) is 4.21. The summed E-state index contributed by atoms with van der Waals surface area (Å²) in [6, 6.07) is 16.4. The van der Waals surface area contributed by atoms with Crippen molar-refractivity contribution in [2.24, 2.45) is 5.92 Å². The van der Waals surface area contributed by atoms with Gasteiger partial charge in [-0.25, -0.2) is 4.79 Å². The van der Waals surface area contributed by atoms with Crippen molar-refractivity contribution in [2.75, 3.05) is 6.61 Å². The van der Waals surface area contributed by atoms with Crippen LogP contribution in [0.15, 0.2) is 73.3 Å². The van der Waals surface area contributed by atoms with E-state index in [0.717, 1.165) is 23.8 Å². The van der Waals surface area contributed by atoms with Gasteiger partial charge >= 0.3 is 12.1 Å². The predicted octanol–water partition coefficient (Wildman–Crippen LogP) is 5.83. The number of carboxylic acids is 1. The van der Waals surface area contributed by atoms with Crippen LogP contribution in [0.4, 0.5) is 13.2 Å². The number of hydrogen-bond donors (Lipinski definition) is 2. The van der Waals surface area contributed by atoms with Crippen LogP contribution >= 0.6 is 0 Å². The molecule has 4 rings (SSSR count). The summed E-state index contributed by atoms with van der Waals surface area (Å²) < 4.78 is 45.4. The van der Waals surface area contributed by atoms with Crippen molar-refractivity contribution in [1.82, 2.24) is 0 Å². The van der Waals surface area contributed by atoms with Gasteiger partial charge in [-0.3, -0.25) is 0 Å². The zero-order valence-electron chi connectivity index (χ0n) is 16.8. The number of rotatable bonds is 4. The number of aliphatic hydroxyl groups is 1. The van der Waals surface area contributed by atoms with Gasteiger partial charge in [-0.1, -0.05) is 49.0 Å². The largest absolute Gasteiger partial charge is 0.492 e. The molecule has 0 unspecified atom stereocenters. The van der Waals surface area contributed by atoms with Crippen LogP contribution in [0, 0.1) is 5.92 Å². The first kappa shape index (κ1) is 21.6. The standard InChI is InChI=1S/C25H19F3O4/c1-14(15-5-3-2-4-6-15)21-13-32-22-11-16(7-9-19(22)23(21)29)20-12-17(25(26,27)28)8-10-18(20)24(30)31/h2-12,21,23,29H,1,13H2,(H,30,31)/t21-,23+/m0/s1. The first-order chi connectivity index (χ1) is 15.2. The van der Waals surface area contributed by atoms with Crippen molar-refractivity contribution < 1.29 is 32.9 Å². The predicted molar refractivity (Wildman–Crippen MR) is 113 cm³/mol. The maximum atomic E-state index is 13.2. The molecule has 0 aliphatic carbocycles. The van der Waals surface area contributed by atoms with Crippen molar-refractivity contribution in [3.8, 4) is 16.9 Å². The minimum atomic E-state index is -4.61. The highest BCUT2D eigenvalue weighted by Gasteiger charge is 2.34. The van der Waals surface area contributed by atoms with Crippen molar-refractivity contribution in [3.05, 3.63) is 95.6 Å². The normalized spacial score (nSPS) is 17.9. The molecule has 1 heterocycles. The van der Waals surface area contributed by atoms with Gasteiger partial charge in [0.05, 0.1) is 23.8 Å². The molecule has 3 aromatic carbocycles. The smallest absolute Gasteiger partial charge is 0.416 e. The summed E-state index contributed by atoms with van der Waals surface area (Å²) in [7, 11) is 0. The molecule has 2 atom stereocenters. The highest BCUT2D eigenvalue weighted by atomic mass is 19.4. The van der Waals surface area contributed by atoms with Gasteiger partial charge in [-0.2, -0.15) is 13.2 Å². The van der Waals surface area contributed by atoms with E-state index in [4.69, 9.17) is 4.74 Å². The van der Waals surface area contributed by atoms with E-state index in [2.05, 4.69) is 6.58 Å². The fourth-order valence-electron chi connectivity index (χ4n) is 3.86. The van der Waals surface area contributed by atoms with Crippen molar-refractivity contribution >= 4 is 11.5 Å². The number of fused-ring (bicyclic) bond motifs is 1. The van der Waals surface area contributed by atoms with Crippen LogP contribution in [0.1, 0.15) is 33.2 Å². The second kappa shape index (κ2) is 8.16. The average Bonchev–Trinajstić information content (AvgIpc) is 2.78. The van der Waals surface area contributed by atoms with Gasteiger partial charge in [0.2, 0.25) is 0 Å². The van der Waals surface area contributed by atoms with Gasteiger partial charge < -0.3 is 14.9 Å². The number of hydrogen-bond acceptors (Lipinski definition) is 3. The lowest BCUT2D eigenvalue weighted by Crippen LogP contribution is -2.26. The Morgan fingerprint density at radius 3 is 2.41 bits per heavy atom. The third-order valence-electron chi connectivity index (χ3n) is 5.61. The van der Waals surface area contributed by atoms with Gasteiger partial charge in [-0.05, 0) is 46.5 Å². The van der Waals surface area contributed by atoms with Gasteiger partial charge in [-0.15, -0.1) is 0 Å². The van der Waals surface area contributed by atoms with E-state index in [0.29, 0.717) is 16.9 Å². The van der Waals surface area contributed by atoms with Crippen LogP contribution in [0.2, 0.25) is 0 Å². The monoisotopic (exact) mass is 440 g/mol. The molecule has 164 valence electrons. The van der Waals surface area contributed by atoms with Crippen molar-refractivity contribution in [2.45, 2.75) is 12.3 Å². The van der Waals surface area contributed by atoms with Crippen LogP contribution < -0.4 is 4.74 Å². The second-order valence-corrected chi connectivity index (χ2v) is 7.57. The zero-order chi connectivity index (χ0) is 23.0. The maximum absolute atomic E-state index is 13.2. The summed E-state index contributed by atoms with van der Waals surface area (Å²) in [5.74, 6) is -1.45. The molecule has 32 heavy (non-hydrogen) atoms. The summed E-state index contributed by atoms with van der Waals surface area (Å²) in [5.41, 5.74) is 1.00. The molecule has 0 saturated carbocycles. The number of aromatic carboxylic acids is 1. The first-order valence-electron chi connectivity index (χ1n) is 9.80. The number of benzene rings is 3. The summed E-state index contributed by atoms with van der Waals surface area (Å²) >= 11 is 0. The highest BCUT2D eigenvalue weighted by molar-refractivity contribution is 5.96. The molecule has 0 amide bonds. The molecular formula is C25H19F3O4. The fraction of sp³-hybridized carbons (Fsp3) is 0.160. The Morgan fingerprint density at radius 1 is 1.03 bits per heavy atom. The van der Waals surface area contributed by atoms with Crippen molar-refractivity contribution in [1.29, 1.82) is 0 Å². The lowest BCUT2D eigenvalue weighted by molar-refractivity contribution is -0.137. The molecule has 0 fully saturated rings. The van der Waals surface area contributed by atoms with E-state index in [1.165, 1.54) is 12.1 Å². The molecule has 7 heteroatoms. The van der Waals surface area contributed by atoms with Gasteiger partial charge in [0.25, 0.3) is 0 Å². The number of ether oxygens (including phenoxy) is 1. The second-order valence-electron chi connectivity index (χ2n) is 7.57. The van der Waals surface area contributed by atoms with Crippen LogP contribution in [0.25, 0.3) is 16.7 Å². The number of alkyl halides is 3. The molecule has 1 aliphatic rings. The number of carboxylic acid groups (broad SMARTS) is 1. The third kappa shape index (κ3) is 3.99. The van der Waals surface area contributed by atoms with E-state index in [1.54, 1.807) is 6.07 Å². The van der Waals surface area contributed by atoms with Crippen LogP contribution in [0.5, 0.6) is 5.75 Å². The Balaban J connectivity index is 1.71. The minimum Gasteiger partial charge on any atom is -0.492 e. The molecule has 0 aromatic heterocycles. The van der Waals surface area contributed by atoms with E-state index >= 15 is 0 Å². The lowest BCUT2D eigenvalue weighted by atomic mass is 9.84. The zero-order valence-corrected chi connectivity index (χ0v) is 16.8. The summed E-state index contributed by atoms with van der Waals surface area (Å²) in [4.78, 5) is 11.6. The fourth-order valence-corrected chi connectivity index (χ4v) is 3.86. The number of aliphatic hydroxyl groups excluding tert-OH is 1. The van der Waals surface area contributed by atoms with Crippen molar-refractivity contribution in [3.63, 3.8) is 0 Å². The van der Waals surface area contributed by atoms with E-state index < -0.39 is 29.7 Å². The van der Waals surface area contributed by atoms with E-state index in [1.807, 2.05) is 30.3 Å². The first-order valence-corrected chi connectivity index (χ1v) is 9.80.